The van der Waals surface area contributed by atoms with Gasteiger partial charge in [0.15, 0.2) is 6.61 Å². The van der Waals surface area contributed by atoms with Gasteiger partial charge in [-0.2, -0.15) is 13.2 Å². The van der Waals surface area contributed by atoms with Crippen molar-refractivity contribution >= 4 is 58.1 Å². The van der Waals surface area contributed by atoms with E-state index < -0.39 is 66.9 Å². The lowest BCUT2D eigenvalue weighted by molar-refractivity contribution is -0.137. The quantitative estimate of drug-likeness (QED) is 0.379. The highest BCUT2D eigenvalue weighted by atomic mass is 35.5. The molecule has 3 rings (SSSR count). The molecular formula is C22H20ClF5N4O6S. The third kappa shape index (κ3) is 8.49. The van der Waals surface area contributed by atoms with Crippen molar-refractivity contribution in [3.8, 4) is 0 Å². The molecule has 1 fully saturated rings. The predicted octanol–water partition coefficient (Wildman–Crippen LogP) is 3.51. The highest BCUT2D eigenvalue weighted by Gasteiger charge is 2.36. The first-order chi connectivity index (χ1) is 18.3. The molecule has 2 aromatic rings. The van der Waals surface area contributed by atoms with Crippen molar-refractivity contribution in [2.75, 3.05) is 43.1 Å². The summed E-state index contributed by atoms with van der Waals surface area (Å²) in [4.78, 5) is 50.4. The van der Waals surface area contributed by atoms with Crippen LogP contribution in [0.1, 0.15) is 15.2 Å². The van der Waals surface area contributed by atoms with E-state index in [1.54, 1.807) is 0 Å². The molecule has 10 nitrogen and oxygen atoms in total. The van der Waals surface area contributed by atoms with Crippen molar-refractivity contribution in [3.63, 3.8) is 0 Å². The van der Waals surface area contributed by atoms with E-state index in [-0.39, 0.29) is 34.7 Å². The summed E-state index contributed by atoms with van der Waals surface area (Å²) in [6.07, 6.45) is -9.46. The maximum Gasteiger partial charge on any atom is 0.418 e. The zero-order chi connectivity index (χ0) is 28.7. The number of halogens is 6. The van der Waals surface area contributed by atoms with Crippen LogP contribution in [0.25, 0.3) is 0 Å². The van der Waals surface area contributed by atoms with Crippen LogP contribution in [-0.4, -0.2) is 69.2 Å². The number of ether oxygens (including phenoxy) is 2. The molecule has 39 heavy (non-hydrogen) atoms. The summed E-state index contributed by atoms with van der Waals surface area (Å²) in [5, 5.41) is 6.27. The number of nitrogens with zero attached hydrogens (tertiary/aromatic N) is 1. The monoisotopic (exact) mass is 598 g/mol. The topological polar surface area (TPSA) is 126 Å². The molecule has 4 amide bonds. The molecule has 0 spiro atoms. The fourth-order valence-electron chi connectivity index (χ4n) is 3.30. The van der Waals surface area contributed by atoms with Crippen LogP contribution in [0.4, 0.5) is 38.1 Å². The molecule has 0 bridgehead atoms. The number of morpholine rings is 1. The van der Waals surface area contributed by atoms with Gasteiger partial charge in [0.1, 0.15) is 12.6 Å². The molecular weight excluding hydrogens is 579 g/mol. The number of alkyl carbamates (subject to hydrolysis) is 1. The summed E-state index contributed by atoms with van der Waals surface area (Å²) in [5.41, 5.74) is -2.11. The number of hydrogen-bond acceptors (Lipinski definition) is 7. The molecule has 1 aromatic carbocycles. The van der Waals surface area contributed by atoms with Gasteiger partial charge in [-0.15, -0.1) is 11.3 Å². The van der Waals surface area contributed by atoms with Crippen molar-refractivity contribution in [2.45, 2.75) is 18.6 Å². The number of carbonyl (C=O) groups excluding carboxylic acids is 4. The fraction of sp³-hybridized carbons (Fsp3) is 0.364. The Morgan fingerprint density at radius 2 is 1.92 bits per heavy atom. The second-order valence-corrected chi connectivity index (χ2v) is 9.53. The first-order valence-electron chi connectivity index (χ1n) is 11.0. The lowest BCUT2D eigenvalue weighted by atomic mass is 10.1. The van der Waals surface area contributed by atoms with E-state index in [4.69, 9.17) is 16.3 Å². The summed E-state index contributed by atoms with van der Waals surface area (Å²) in [7, 11) is 0. The molecule has 0 aliphatic carbocycles. The highest BCUT2D eigenvalue weighted by Crippen LogP contribution is 2.37. The third-order valence-electron chi connectivity index (χ3n) is 5.08. The van der Waals surface area contributed by atoms with Gasteiger partial charge in [0.25, 0.3) is 18.2 Å². The zero-order valence-corrected chi connectivity index (χ0v) is 21.2. The molecule has 1 atom stereocenters. The number of thiophene rings is 1. The van der Waals surface area contributed by atoms with E-state index in [9.17, 15) is 41.1 Å². The van der Waals surface area contributed by atoms with Crippen LogP contribution < -0.4 is 20.9 Å². The van der Waals surface area contributed by atoms with Gasteiger partial charge < -0.3 is 30.3 Å². The van der Waals surface area contributed by atoms with Crippen LogP contribution in [0.3, 0.4) is 0 Å². The molecule has 0 unspecified atom stereocenters. The van der Waals surface area contributed by atoms with Gasteiger partial charge in [-0.05, 0) is 30.3 Å². The molecule has 1 aliphatic heterocycles. The number of nitrogens with one attached hydrogen (secondary N) is 3. The summed E-state index contributed by atoms with van der Waals surface area (Å²) in [6.45, 7) is -2.13. The average molecular weight is 599 g/mol. The van der Waals surface area contributed by atoms with Crippen LogP contribution in [0.2, 0.25) is 4.34 Å². The first-order valence-corrected chi connectivity index (χ1v) is 12.2. The second kappa shape index (κ2) is 13.0. The van der Waals surface area contributed by atoms with Gasteiger partial charge in [-0.25, -0.2) is 13.6 Å². The minimum absolute atomic E-state index is 0.0176. The largest absolute Gasteiger partial charge is 0.443 e. The summed E-state index contributed by atoms with van der Waals surface area (Å²) < 4.78 is 75.9. The van der Waals surface area contributed by atoms with Crippen molar-refractivity contribution < 1.29 is 50.6 Å². The van der Waals surface area contributed by atoms with E-state index >= 15 is 0 Å². The minimum Gasteiger partial charge on any atom is -0.443 e. The molecule has 1 aliphatic rings. The minimum atomic E-state index is -4.97. The molecule has 17 heteroatoms. The van der Waals surface area contributed by atoms with Gasteiger partial charge in [-0.3, -0.25) is 14.4 Å². The molecule has 1 aromatic heterocycles. The molecule has 0 radical (unpaired) electrons. The average Bonchev–Trinajstić information content (AvgIpc) is 3.31. The zero-order valence-electron chi connectivity index (χ0n) is 19.6. The third-order valence-corrected chi connectivity index (χ3v) is 6.31. The van der Waals surface area contributed by atoms with E-state index in [2.05, 4.69) is 10.1 Å². The van der Waals surface area contributed by atoms with Gasteiger partial charge in [-0.1, -0.05) is 11.6 Å². The van der Waals surface area contributed by atoms with Crippen LogP contribution in [0.15, 0.2) is 30.3 Å². The normalized spacial score (nSPS) is 14.6. The van der Waals surface area contributed by atoms with Crippen LogP contribution in [0, 0.1) is 0 Å². The van der Waals surface area contributed by atoms with Crippen LogP contribution in [-0.2, 0) is 25.2 Å². The lowest BCUT2D eigenvalue weighted by Gasteiger charge is -2.28. The molecule has 3 N–H and O–H groups in total. The Labute approximate surface area is 226 Å². The predicted molar refractivity (Wildman–Crippen MR) is 129 cm³/mol. The molecule has 0 saturated carbocycles. The van der Waals surface area contributed by atoms with Crippen molar-refractivity contribution in [2.24, 2.45) is 0 Å². The van der Waals surface area contributed by atoms with Crippen molar-refractivity contribution in [1.29, 1.82) is 0 Å². The lowest BCUT2D eigenvalue weighted by Crippen LogP contribution is -2.51. The summed E-state index contributed by atoms with van der Waals surface area (Å²) in [6, 6.07) is 3.82. The number of carbonyl (C=O) groups is 4. The maximum absolute atomic E-state index is 13.9. The van der Waals surface area contributed by atoms with Crippen molar-refractivity contribution in [3.05, 3.63) is 45.1 Å². The van der Waals surface area contributed by atoms with E-state index in [0.717, 1.165) is 22.3 Å². The van der Waals surface area contributed by atoms with Gasteiger partial charge in [0, 0.05) is 18.8 Å². The Bertz CT molecular complexity index is 1230. The SMILES string of the molecule is O=C(N[C@H](CNC(=O)c1ccc(Cl)s1)C(=O)Nc1ccc(N2CCOCC2=O)cc1C(F)(F)F)OCC(F)F. The second-order valence-electron chi connectivity index (χ2n) is 7.82. The summed E-state index contributed by atoms with van der Waals surface area (Å²) in [5.74, 6) is -2.50. The number of rotatable bonds is 9. The molecule has 1 saturated heterocycles. The van der Waals surface area contributed by atoms with Crippen LogP contribution in [0.5, 0.6) is 0 Å². The Hall–Kier alpha value is -3.50. The number of anilines is 2. The number of alkyl halides is 5. The number of amides is 4. The Kier molecular flexibility index (Phi) is 10.0. The number of hydrogen-bond donors (Lipinski definition) is 3. The van der Waals surface area contributed by atoms with E-state index in [1.165, 1.54) is 18.2 Å². The Morgan fingerprint density at radius 3 is 2.54 bits per heavy atom. The Balaban J connectivity index is 1.81. The standard InChI is InChI=1S/C22H20ClF5N4O6S/c23-16-4-3-15(39-16)20(35)29-8-14(31-21(36)38-9-17(24)25)19(34)30-13-2-1-11(7-12(13)22(26,27)28)32-5-6-37-10-18(32)33/h1-4,7,14,17H,5-6,8-10H2,(H,29,35)(H,30,34)(H,31,36)/t14-/m1/s1. The van der Waals surface area contributed by atoms with Gasteiger partial charge in [0.05, 0.1) is 27.1 Å². The molecule has 212 valence electrons. The highest BCUT2D eigenvalue weighted by molar-refractivity contribution is 7.18. The van der Waals surface area contributed by atoms with Gasteiger partial charge >= 0.3 is 12.3 Å². The summed E-state index contributed by atoms with van der Waals surface area (Å²) >= 11 is 6.68. The van der Waals surface area contributed by atoms with E-state index in [0.29, 0.717) is 6.07 Å². The first kappa shape index (κ1) is 30.0. The molecule has 2 heterocycles. The maximum atomic E-state index is 13.9. The van der Waals surface area contributed by atoms with Gasteiger partial charge in [0.2, 0.25) is 5.91 Å². The Morgan fingerprint density at radius 1 is 1.18 bits per heavy atom. The fourth-order valence-corrected chi connectivity index (χ4v) is 4.26. The number of benzene rings is 1. The smallest absolute Gasteiger partial charge is 0.418 e. The van der Waals surface area contributed by atoms with Crippen LogP contribution >= 0.6 is 22.9 Å². The van der Waals surface area contributed by atoms with E-state index in [1.807, 2.05) is 10.6 Å². The van der Waals surface area contributed by atoms with Crippen molar-refractivity contribution in [1.82, 2.24) is 10.6 Å².